The number of nitrogen functional groups attached to an aromatic ring is 1. The normalized spacial score (nSPS) is 10.2. The van der Waals surface area contributed by atoms with Crippen LogP contribution in [0.3, 0.4) is 0 Å². The highest BCUT2D eigenvalue weighted by Gasteiger charge is 2.11. The molecule has 0 aliphatic carbocycles. The maximum absolute atomic E-state index is 12.3. The maximum Gasteiger partial charge on any atom is 0.255 e. The van der Waals surface area contributed by atoms with Crippen molar-refractivity contribution in [1.29, 1.82) is 0 Å². The summed E-state index contributed by atoms with van der Waals surface area (Å²) in [5, 5.41) is 2.82. The summed E-state index contributed by atoms with van der Waals surface area (Å²) in [4.78, 5) is 16.5. The van der Waals surface area contributed by atoms with Crippen molar-refractivity contribution in [3.05, 3.63) is 46.2 Å². The van der Waals surface area contributed by atoms with Crippen molar-refractivity contribution in [2.45, 2.75) is 13.8 Å². The Morgan fingerprint density at radius 2 is 2.14 bits per heavy atom. The number of ether oxygens (including phenoxy) is 1. The monoisotopic (exact) mass is 349 g/mol. The lowest BCUT2D eigenvalue weighted by molar-refractivity contribution is 0.102. The molecule has 1 aromatic carbocycles. The summed E-state index contributed by atoms with van der Waals surface area (Å²) in [7, 11) is 0. The largest absolute Gasteiger partial charge is 0.494 e. The van der Waals surface area contributed by atoms with Gasteiger partial charge in [-0.1, -0.05) is 0 Å². The van der Waals surface area contributed by atoms with E-state index < -0.39 is 0 Å². The zero-order chi connectivity index (χ0) is 15.4. The summed E-state index contributed by atoms with van der Waals surface area (Å²) in [6, 6.07) is 8.52. The van der Waals surface area contributed by atoms with Crippen LogP contribution in [-0.4, -0.2) is 17.5 Å². The number of hydrogen-bond acceptors (Lipinski definition) is 4. The number of nitrogens with zero attached hydrogens (tertiary/aromatic N) is 1. The fourth-order valence-electron chi connectivity index (χ4n) is 1.86. The molecule has 0 saturated heterocycles. The van der Waals surface area contributed by atoms with E-state index in [1.807, 2.05) is 13.8 Å². The molecule has 2 aromatic rings. The van der Waals surface area contributed by atoms with Crippen LogP contribution in [0, 0.1) is 6.92 Å². The van der Waals surface area contributed by atoms with Gasteiger partial charge in [0.15, 0.2) is 0 Å². The third-order valence-corrected chi connectivity index (χ3v) is 3.24. The summed E-state index contributed by atoms with van der Waals surface area (Å²) >= 11 is 3.29. The molecule has 0 saturated carbocycles. The highest BCUT2D eigenvalue weighted by Crippen LogP contribution is 2.21. The van der Waals surface area contributed by atoms with Gasteiger partial charge in [0.05, 0.1) is 18.0 Å². The molecular formula is C15H16BrN3O2. The Hall–Kier alpha value is -2.08. The summed E-state index contributed by atoms with van der Waals surface area (Å²) in [6.45, 7) is 4.21. The molecule has 1 amide bonds. The molecule has 0 fully saturated rings. The Morgan fingerprint density at radius 1 is 1.38 bits per heavy atom. The van der Waals surface area contributed by atoms with Crippen molar-refractivity contribution in [2.75, 3.05) is 17.7 Å². The Morgan fingerprint density at radius 3 is 2.81 bits per heavy atom. The lowest BCUT2D eigenvalue weighted by atomic mass is 10.1. The number of nitrogens with one attached hydrogen (secondary N) is 1. The number of halogens is 1. The van der Waals surface area contributed by atoms with Gasteiger partial charge in [0.25, 0.3) is 5.91 Å². The second-order valence-electron chi connectivity index (χ2n) is 4.44. The Balaban J connectivity index is 2.23. The first kappa shape index (κ1) is 15.3. The predicted molar refractivity (Wildman–Crippen MR) is 86.7 cm³/mol. The Bertz CT molecular complexity index is 674. The third-order valence-electron chi connectivity index (χ3n) is 2.80. The van der Waals surface area contributed by atoms with Crippen molar-refractivity contribution < 1.29 is 9.53 Å². The van der Waals surface area contributed by atoms with Gasteiger partial charge in [-0.05, 0) is 54.0 Å². The molecule has 6 heteroatoms. The van der Waals surface area contributed by atoms with Gasteiger partial charge in [-0.25, -0.2) is 4.98 Å². The molecule has 21 heavy (non-hydrogen) atoms. The van der Waals surface area contributed by atoms with Gasteiger partial charge < -0.3 is 15.8 Å². The van der Waals surface area contributed by atoms with Crippen molar-refractivity contribution in [2.24, 2.45) is 0 Å². The standard InChI is InChI=1S/C15H16BrN3O2/c1-3-21-12-7-10(6-11(17)8-12)15(20)19-13-4-5-14(16)18-9(13)2/h4-8H,3,17H2,1-2H3,(H,19,20). The first-order valence-corrected chi connectivity index (χ1v) is 7.26. The van der Waals surface area contributed by atoms with Crippen LogP contribution in [0.2, 0.25) is 0 Å². The van der Waals surface area contributed by atoms with Gasteiger partial charge in [-0.15, -0.1) is 0 Å². The van der Waals surface area contributed by atoms with Crippen LogP contribution in [0.25, 0.3) is 0 Å². The summed E-state index contributed by atoms with van der Waals surface area (Å²) < 4.78 is 6.11. The predicted octanol–water partition coefficient (Wildman–Crippen LogP) is 3.39. The van der Waals surface area contributed by atoms with E-state index in [4.69, 9.17) is 10.5 Å². The molecule has 1 aromatic heterocycles. The molecule has 0 aliphatic heterocycles. The molecule has 0 unspecified atom stereocenters. The van der Waals surface area contributed by atoms with Crippen LogP contribution in [0.4, 0.5) is 11.4 Å². The first-order chi connectivity index (χ1) is 9.99. The minimum Gasteiger partial charge on any atom is -0.494 e. The second-order valence-corrected chi connectivity index (χ2v) is 5.26. The van der Waals surface area contributed by atoms with E-state index in [2.05, 4.69) is 26.2 Å². The van der Waals surface area contributed by atoms with E-state index in [9.17, 15) is 4.79 Å². The second kappa shape index (κ2) is 6.58. The number of carbonyl (C=O) groups excluding carboxylic acids is 1. The van der Waals surface area contributed by atoms with Crippen molar-refractivity contribution in [3.63, 3.8) is 0 Å². The van der Waals surface area contributed by atoms with Gasteiger partial charge in [0.2, 0.25) is 0 Å². The average molecular weight is 350 g/mol. The van der Waals surface area contributed by atoms with E-state index in [1.54, 1.807) is 30.3 Å². The van der Waals surface area contributed by atoms with Crippen LogP contribution in [-0.2, 0) is 0 Å². The van der Waals surface area contributed by atoms with Gasteiger partial charge in [-0.3, -0.25) is 4.79 Å². The number of anilines is 2. The molecule has 0 atom stereocenters. The SMILES string of the molecule is CCOc1cc(N)cc(C(=O)Nc2ccc(Br)nc2C)c1. The molecule has 0 spiro atoms. The molecular weight excluding hydrogens is 334 g/mol. The smallest absolute Gasteiger partial charge is 0.255 e. The van der Waals surface area contributed by atoms with Gasteiger partial charge in [0, 0.05) is 17.3 Å². The molecule has 0 aliphatic rings. The van der Waals surface area contributed by atoms with Gasteiger partial charge >= 0.3 is 0 Å². The number of pyridine rings is 1. The molecule has 3 N–H and O–H groups in total. The molecule has 0 radical (unpaired) electrons. The summed E-state index contributed by atoms with van der Waals surface area (Å²) in [5.74, 6) is 0.323. The summed E-state index contributed by atoms with van der Waals surface area (Å²) in [6.07, 6.45) is 0. The number of aryl methyl sites for hydroxylation is 1. The zero-order valence-corrected chi connectivity index (χ0v) is 13.4. The van der Waals surface area contributed by atoms with E-state index in [0.29, 0.717) is 29.3 Å². The van der Waals surface area contributed by atoms with E-state index in [-0.39, 0.29) is 5.91 Å². The topological polar surface area (TPSA) is 77.2 Å². The highest BCUT2D eigenvalue weighted by atomic mass is 79.9. The van der Waals surface area contributed by atoms with E-state index in [1.165, 1.54) is 0 Å². The minimum atomic E-state index is -0.254. The van der Waals surface area contributed by atoms with Crippen LogP contribution < -0.4 is 15.8 Å². The molecule has 2 rings (SSSR count). The van der Waals surface area contributed by atoms with Gasteiger partial charge in [-0.2, -0.15) is 0 Å². The first-order valence-electron chi connectivity index (χ1n) is 6.47. The fourth-order valence-corrected chi connectivity index (χ4v) is 2.26. The molecule has 1 heterocycles. The Kier molecular flexibility index (Phi) is 4.80. The number of rotatable bonds is 4. The van der Waals surface area contributed by atoms with E-state index >= 15 is 0 Å². The highest BCUT2D eigenvalue weighted by molar-refractivity contribution is 9.10. The lowest BCUT2D eigenvalue weighted by Crippen LogP contribution is -2.14. The van der Waals surface area contributed by atoms with Crippen molar-refractivity contribution in [1.82, 2.24) is 4.98 Å². The average Bonchev–Trinajstić information content (AvgIpc) is 2.41. The van der Waals surface area contributed by atoms with E-state index in [0.717, 1.165) is 10.3 Å². The Labute approximate surface area is 131 Å². The number of carbonyl (C=O) groups is 1. The van der Waals surface area contributed by atoms with Crippen LogP contribution >= 0.6 is 15.9 Å². The van der Waals surface area contributed by atoms with Crippen molar-refractivity contribution in [3.8, 4) is 5.75 Å². The maximum atomic E-state index is 12.3. The molecule has 0 bridgehead atoms. The number of amides is 1. The van der Waals surface area contributed by atoms with Crippen LogP contribution in [0.1, 0.15) is 23.0 Å². The van der Waals surface area contributed by atoms with Crippen LogP contribution in [0.5, 0.6) is 5.75 Å². The molecule has 110 valence electrons. The summed E-state index contributed by atoms with van der Waals surface area (Å²) in [5.41, 5.74) is 8.10. The number of hydrogen-bond donors (Lipinski definition) is 2. The number of aromatic nitrogens is 1. The zero-order valence-electron chi connectivity index (χ0n) is 11.8. The lowest BCUT2D eigenvalue weighted by Gasteiger charge is -2.10. The molecule has 5 nitrogen and oxygen atoms in total. The quantitative estimate of drug-likeness (QED) is 0.655. The minimum absolute atomic E-state index is 0.254. The third kappa shape index (κ3) is 3.95. The number of nitrogens with two attached hydrogens (primary N) is 1. The number of benzene rings is 1. The van der Waals surface area contributed by atoms with Gasteiger partial charge in [0.1, 0.15) is 10.4 Å². The van der Waals surface area contributed by atoms with Crippen LogP contribution in [0.15, 0.2) is 34.9 Å². The fraction of sp³-hybridized carbons (Fsp3) is 0.200. The van der Waals surface area contributed by atoms with Crippen molar-refractivity contribution >= 4 is 33.2 Å².